The van der Waals surface area contributed by atoms with Crippen molar-refractivity contribution in [3.05, 3.63) is 18.5 Å². The van der Waals surface area contributed by atoms with Crippen LogP contribution in [0.1, 0.15) is 54.4 Å². The lowest BCUT2D eigenvalue weighted by atomic mass is 10.2. The molecule has 1 aromatic rings. The molecule has 1 fully saturated rings. The molecule has 144 valence electrons. The highest BCUT2D eigenvalue weighted by atomic mass is 16.6. The third kappa shape index (κ3) is 6.50. The molecule has 1 aromatic heterocycles. The second-order valence-corrected chi connectivity index (χ2v) is 8.38. The fraction of sp³-hybridized carbons (Fsp3) is 0.667. The van der Waals surface area contributed by atoms with Crippen LogP contribution >= 0.6 is 0 Å². The van der Waals surface area contributed by atoms with Crippen molar-refractivity contribution in [2.24, 2.45) is 10.9 Å². The molecule has 1 heterocycles. The highest BCUT2D eigenvalue weighted by molar-refractivity contribution is 5.99. The number of aromatic nitrogens is 2. The van der Waals surface area contributed by atoms with Crippen molar-refractivity contribution in [2.75, 3.05) is 6.54 Å². The average Bonchev–Trinajstić information content (AvgIpc) is 3.09. The Kier molecular flexibility index (Phi) is 5.73. The first-order valence-electron chi connectivity index (χ1n) is 8.77. The number of hydrogen-bond acceptors (Lipinski definition) is 5. The van der Waals surface area contributed by atoms with Crippen LogP contribution in [-0.4, -0.2) is 50.6 Å². The van der Waals surface area contributed by atoms with Gasteiger partial charge < -0.3 is 9.47 Å². The fourth-order valence-corrected chi connectivity index (χ4v) is 2.10. The molecule has 0 radical (unpaired) electrons. The third-order valence-electron chi connectivity index (χ3n) is 3.29. The Morgan fingerprint density at radius 3 is 2.23 bits per heavy atom. The Hall–Kier alpha value is -2.38. The van der Waals surface area contributed by atoms with E-state index in [1.165, 1.54) is 9.58 Å². The second-order valence-electron chi connectivity index (χ2n) is 8.38. The quantitative estimate of drug-likeness (QED) is 0.590. The van der Waals surface area contributed by atoms with E-state index >= 15 is 0 Å². The molecule has 0 aromatic carbocycles. The van der Waals surface area contributed by atoms with Crippen LogP contribution < -0.4 is 0 Å². The topological polar surface area (TPSA) is 86.0 Å². The summed E-state index contributed by atoms with van der Waals surface area (Å²) in [7, 11) is 0. The summed E-state index contributed by atoms with van der Waals surface area (Å²) in [6.45, 7) is 11.0. The molecule has 0 saturated heterocycles. The van der Waals surface area contributed by atoms with E-state index < -0.39 is 23.4 Å². The second kappa shape index (κ2) is 7.47. The van der Waals surface area contributed by atoms with Gasteiger partial charge in [-0.05, 0) is 66.4 Å². The van der Waals surface area contributed by atoms with Gasteiger partial charge in [-0.2, -0.15) is 5.10 Å². The van der Waals surface area contributed by atoms with E-state index in [1.807, 2.05) is 0 Å². The molecule has 0 aliphatic heterocycles. The highest BCUT2D eigenvalue weighted by Crippen LogP contribution is 2.30. The van der Waals surface area contributed by atoms with Crippen molar-refractivity contribution in [3.8, 4) is 0 Å². The molecule has 8 heteroatoms. The molecule has 1 aliphatic carbocycles. The first-order chi connectivity index (χ1) is 11.9. The maximum atomic E-state index is 12.8. The number of nitrogens with zero attached hydrogens (tertiary/aromatic N) is 4. The number of hydrogen-bond donors (Lipinski definition) is 0. The summed E-state index contributed by atoms with van der Waals surface area (Å²) in [5.74, 6) is 0.437. The maximum Gasteiger partial charge on any atom is 0.437 e. The lowest BCUT2D eigenvalue weighted by Crippen LogP contribution is -2.45. The van der Waals surface area contributed by atoms with Crippen LogP contribution in [0.3, 0.4) is 0 Å². The van der Waals surface area contributed by atoms with Crippen LogP contribution in [0.5, 0.6) is 0 Å². The Morgan fingerprint density at radius 1 is 1.15 bits per heavy atom. The summed E-state index contributed by atoms with van der Waals surface area (Å²) < 4.78 is 12.1. The van der Waals surface area contributed by atoms with Crippen LogP contribution in [0.4, 0.5) is 9.59 Å². The van der Waals surface area contributed by atoms with E-state index in [4.69, 9.17) is 9.47 Å². The van der Waals surface area contributed by atoms with Gasteiger partial charge >= 0.3 is 12.2 Å². The molecule has 0 atom stereocenters. The summed E-state index contributed by atoms with van der Waals surface area (Å²) >= 11 is 0. The molecule has 2 rings (SSSR count). The SMILES string of the molecule is CC(C)(C)OC(=O)/N=C(\N(CC1CC1)C(=O)OC(C)(C)C)n1cccn1. The lowest BCUT2D eigenvalue weighted by molar-refractivity contribution is 0.0356. The van der Waals surface area contributed by atoms with Crippen LogP contribution in [0.2, 0.25) is 0 Å². The minimum Gasteiger partial charge on any atom is -0.443 e. The smallest absolute Gasteiger partial charge is 0.437 e. The Labute approximate surface area is 154 Å². The number of ether oxygens (including phenoxy) is 2. The van der Waals surface area contributed by atoms with Gasteiger partial charge in [-0.25, -0.2) is 19.2 Å². The number of carbonyl (C=O) groups excluding carboxylic acids is 2. The fourth-order valence-electron chi connectivity index (χ4n) is 2.10. The molecule has 1 saturated carbocycles. The highest BCUT2D eigenvalue weighted by Gasteiger charge is 2.34. The van der Waals surface area contributed by atoms with Crippen molar-refractivity contribution < 1.29 is 19.1 Å². The zero-order valence-electron chi connectivity index (χ0n) is 16.4. The molecule has 0 spiro atoms. The van der Waals surface area contributed by atoms with E-state index in [0.29, 0.717) is 12.5 Å². The standard InChI is InChI=1S/C18H28N4O4/c1-17(2,3)25-15(23)20-14(22-11-7-10-19-22)21(12-13-8-9-13)16(24)26-18(4,5)6/h7,10-11,13H,8-9,12H2,1-6H3/b20-14+. The molecule has 0 unspecified atom stereocenters. The predicted octanol–water partition coefficient (Wildman–Crippen LogP) is 3.67. The van der Waals surface area contributed by atoms with Crippen LogP contribution in [0.15, 0.2) is 23.5 Å². The molecule has 26 heavy (non-hydrogen) atoms. The summed E-state index contributed by atoms with van der Waals surface area (Å²) in [6, 6.07) is 1.69. The van der Waals surface area contributed by atoms with Crippen molar-refractivity contribution in [3.63, 3.8) is 0 Å². The van der Waals surface area contributed by atoms with Gasteiger partial charge in [-0.3, -0.25) is 0 Å². The normalized spacial score (nSPS) is 15.5. The lowest BCUT2D eigenvalue weighted by Gasteiger charge is -2.28. The van der Waals surface area contributed by atoms with E-state index in [2.05, 4.69) is 10.1 Å². The zero-order chi connectivity index (χ0) is 19.5. The molecule has 0 bridgehead atoms. The van der Waals surface area contributed by atoms with E-state index in [-0.39, 0.29) is 5.96 Å². The Morgan fingerprint density at radius 2 is 1.77 bits per heavy atom. The van der Waals surface area contributed by atoms with Gasteiger partial charge in [0.05, 0.1) is 0 Å². The van der Waals surface area contributed by atoms with Crippen molar-refractivity contribution >= 4 is 18.1 Å². The van der Waals surface area contributed by atoms with E-state index in [9.17, 15) is 9.59 Å². The predicted molar refractivity (Wildman–Crippen MR) is 97.0 cm³/mol. The Bertz CT molecular complexity index is 664. The third-order valence-corrected chi connectivity index (χ3v) is 3.29. The minimum absolute atomic E-state index is 0.0744. The first-order valence-corrected chi connectivity index (χ1v) is 8.77. The van der Waals surface area contributed by atoms with Crippen molar-refractivity contribution in [1.82, 2.24) is 14.7 Å². The molecule has 0 N–H and O–H groups in total. The zero-order valence-corrected chi connectivity index (χ0v) is 16.4. The summed E-state index contributed by atoms with van der Waals surface area (Å²) in [6.07, 6.45) is 3.87. The average molecular weight is 364 g/mol. The van der Waals surface area contributed by atoms with Gasteiger partial charge in [0, 0.05) is 18.9 Å². The van der Waals surface area contributed by atoms with Gasteiger partial charge in [0.25, 0.3) is 0 Å². The maximum absolute atomic E-state index is 12.8. The van der Waals surface area contributed by atoms with Crippen LogP contribution in [0.25, 0.3) is 0 Å². The minimum atomic E-state index is -0.785. The van der Waals surface area contributed by atoms with E-state index in [0.717, 1.165) is 12.8 Å². The Balaban J connectivity index is 2.35. The van der Waals surface area contributed by atoms with Gasteiger partial charge in [0.2, 0.25) is 5.96 Å². The molecule has 8 nitrogen and oxygen atoms in total. The molecular formula is C18H28N4O4. The van der Waals surface area contributed by atoms with Crippen LogP contribution in [0, 0.1) is 5.92 Å². The van der Waals surface area contributed by atoms with Crippen molar-refractivity contribution in [2.45, 2.75) is 65.6 Å². The number of aliphatic imine (C=N–C) groups is 1. The van der Waals surface area contributed by atoms with Gasteiger partial charge in [-0.1, -0.05) is 0 Å². The monoisotopic (exact) mass is 364 g/mol. The van der Waals surface area contributed by atoms with Crippen LogP contribution in [-0.2, 0) is 9.47 Å². The van der Waals surface area contributed by atoms with Gasteiger partial charge in [-0.15, -0.1) is 4.99 Å². The molecule has 1 aliphatic rings. The van der Waals surface area contributed by atoms with E-state index in [1.54, 1.807) is 60.0 Å². The summed E-state index contributed by atoms with van der Waals surface area (Å²) in [5, 5.41) is 4.12. The number of rotatable bonds is 2. The summed E-state index contributed by atoms with van der Waals surface area (Å²) in [4.78, 5) is 30.4. The van der Waals surface area contributed by atoms with Crippen molar-refractivity contribution in [1.29, 1.82) is 0 Å². The van der Waals surface area contributed by atoms with Gasteiger partial charge in [0.15, 0.2) is 0 Å². The largest absolute Gasteiger partial charge is 0.443 e. The van der Waals surface area contributed by atoms with Gasteiger partial charge in [0.1, 0.15) is 11.2 Å². The molecular weight excluding hydrogens is 336 g/mol. The first kappa shape index (κ1) is 19.9. The number of amides is 2. The summed E-state index contributed by atoms with van der Waals surface area (Å²) in [5.41, 5.74) is -1.36. The molecule has 2 amide bonds. The number of carbonyl (C=O) groups is 2.